The first-order chi connectivity index (χ1) is 11.6. The van der Waals surface area contributed by atoms with E-state index in [0.29, 0.717) is 15.7 Å². The Morgan fingerprint density at radius 1 is 1.12 bits per heavy atom. The largest absolute Gasteiger partial charge is 0.296 e. The Balaban J connectivity index is 1.68. The third kappa shape index (κ3) is 2.60. The summed E-state index contributed by atoms with van der Waals surface area (Å²) in [5.74, 6) is -0.346. The molecule has 0 radical (unpaired) electrons. The van der Waals surface area contributed by atoms with Gasteiger partial charge in [0.1, 0.15) is 5.69 Å². The van der Waals surface area contributed by atoms with Gasteiger partial charge in [-0.25, -0.2) is 9.97 Å². The number of halogens is 1. The first kappa shape index (κ1) is 15.0. The number of rotatable bonds is 2. The zero-order valence-corrected chi connectivity index (χ0v) is 14.1. The van der Waals surface area contributed by atoms with E-state index in [1.165, 1.54) is 17.5 Å². The summed E-state index contributed by atoms with van der Waals surface area (Å²) in [6, 6.07) is 11.1. The van der Waals surface area contributed by atoms with Crippen LogP contribution in [0.2, 0.25) is 5.02 Å². The Labute approximate surface area is 146 Å². The van der Waals surface area contributed by atoms with Gasteiger partial charge in [0.15, 0.2) is 5.13 Å². The lowest BCUT2D eigenvalue weighted by atomic mass is 10.2. The first-order valence-electron chi connectivity index (χ1n) is 7.20. The van der Waals surface area contributed by atoms with Crippen LogP contribution in [0.1, 0.15) is 16.1 Å². The maximum absolute atomic E-state index is 12.4. The van der Waals surface area contributed by atoms with Gasteiger partial charge in [-0.3, -0.25) is 15.1 Å². The summed E-state index contributed by atoms with van der Waals surface area (Å²) in [6.07, 6.45) is 1.46. The maximum atomic E-state index is 12.4. The van der Waals surface area contributed by atoms with E-state index in [2.05, 4.69) is 20.3 Å². The van der Waals surface area contributed by atoms with E-state index in [0.717, 1.165) is 21.3 Å². The van der Waals surface area contributed by atoms with E-state index >= 15 is 0 Å². The number of amides is 1. The van der Waals surface area contributed by atoms with Gasteiger partial charge in [0, 0.05) is 0 Å². The molecule has 0 saturated carbocycles. The molecule has 0 unspecified atom stereocenters. The standard InChI is InChI=1S/C17H11ClN4OS/c1-9-6-7-10(18)15-14(9)21-17(24-15)22-16(23)13-8-19-11-4-2-3-5-12(11)20-13/h2-8H,1H3,(H,21,22,23). The van der Waals surface area contributed by atoms with E-state index in [1.54, 1.807) is 0 Å². The van der Waals surface area contributed by atoms with Gasteiger partial charge >= 0.3 is 0 Å². The fraction of sp³-hybridized carbons (Fsp3) is 0.0588. The van der Waals surface area contributed by atoms with Crippen LogP contribution in [0.5, 0.6) is 0 Å². The SMILES string of the molecule is Cc1ccc(Cl)c2sc(NC(=O)c3cnc4ccccc4n3)nc12. The van der Waals surface area contributed by atoms with Gasteiger partial charge in [-0.05, 0) is 30.7 Å². The van der Waals surface area contributed by atoms with Crippen molar-refractivity contribution in [2.24, 2.45) is 0 Å². The number of hydrogen-bond acceptors (Lipinski definition) is 5. The minimum atomic E-state index is -0.346. The van der Waals surface area contributed by atoms with Crippen LogP contribution in [0, 0.1) is 6.92 Å². The molecule has 0 aliphatic rings. The number of nitrogens with one attached hydrogen (secondary N) is 1. The van der Waals surface area contributed by atoms with Gasteiger partial charge in [-0.1, -0.05) is 41.1 Å². The molecule has 0 saturated heterocycles. The van der Waals surface area contributed by atoms with Crippen molar-refractivity contribution < 1.29 is 4.79 Å². The molecule has 1 amide bonds. The van der Waals surface area contributed by atoms with Crippen molar-refractivity contribution in [1.82, 2.24) is 15.0 Å². The number of benzene rings is 2. The Hall–Kier alpha value is -2.57. The van der Waals surface area contributed by atoms with Gasteiger partial charge in [-0.2, -0.15) is 0 Å². The lowest BCUT2D eigenvalue weighted by molar-refractivity contribution is 0.102. The first-order valence-corrected chi connectivity index (χ1v) is 8.40. The lowest BCUT2D eigenvalue weighted by Crippen LogP contribution is -2.13. The van der Waals surface area contributed by atoms with Gasteiger partial charge < -0.3 is 0 Å². The minimum Gasteiger partial charge on any atom is -0.296 e. The summed E-state index contributed by atoms with van der Waals surface area (Å²) < 4.78 is 0.858. The molecule has 24 heavy (non-hydrogen) atoms. The third-order valence-corrected chi connectivity index (χ3v) is 5.03. The number of nitrogens with zero attached hydrogens (tertiary/aromatic N) is 3. The van der Waals surface area contributed by atoms with E-state index in [9.17, 15) is 4.79 Å². The molecule has 5 nitrogen and oxygen atoms in total. The molecule has 0 bridgehead atoms. The predicted octanol–water partition coefficient (Wildman–Crippen LogP) is 4.45. The Bertz CT molecular complexity index is 1050. The summed E-state index contributed by atoms with van der Waals surface area (Å²) >= 11 is 7.54. The Morgan fingerprint density at radius 2 is 1.92 bits per heavy atom. The normalized spacial score (nSPS) is 11.1. The van der Waals surface area contributed by atoms with Gasteiger partial charge in [-0.15, -0.1) is 0 Å². The van der Waals surface area contributed by atoms with Crippen LogP contribution >= 0.6 is 22.9 Å². The fourth-order valence-electron chi connectivity index (χ4n) is 2.38. The third-order valence-electron chi connectivity index (χ3n) is 3.60. The van der Waals surface area contributed by atoms with Crippen molar-refractivity contribution in [3.05, 3.63) is 58.9 Å². The second kappa shape index (κ2) is 5.81. The Kier molecular flexibility index (Phi) is 3.63. The van der Waals surface area contributed by atoms with Crippen molar-refractivity contribution in [3.8, 4) is 0 Å². The van der Waals surface area contributed by atoms with E-state index in [1.807, 2.05) is 43.3 Å². The molecule has 0 aliphatic heterocycles. The number of aryl methyl sites for hydroxylation is 1. The van der Waals surface area contributed by atoms with Gasteiger partial charge in [0.2, 0.25) is 0 Å². The monoisotopic (exact) mass is 354 g/mol. The molecular formula is C17H11ClN4OS. The minimum absolute atomic E-state index is 0.246. The number of fused-ring (bicyclic) bond motifs is 2. The summed E-state index contributed by atoms with van der Waals surface area (Å²) in [7, 11) is 0. The average Bonchev–Trinajstić information content (AvgIpc) is 3.03. The van der Waals surface area contributed by atoms with Gasteiger partial charge in [0.25, 0.3) is 5.91 Å². The second-order valence-corrected chi connectivity index (χ2v) is 6.67. The van der Waals surface area contributed by atoms with Crippen molar-refractivity contribution >= 4 is 55.2 Å². The molecule has 0 atom stereocenters. The molecule has 4 rings (SSSR count). The van der Waals surface area contributed by atoms with E-state index < -0.39 is 0 Å². The molecular weight excluding hydrogens is 344 g/mol. The van der Waals surface area contributed by atoms with Crippen LogP contribution in [0.3, 0.4) is 0 Å². The average molecular weight is 355 g/mol. The summed E-state index contributed by atoms with van der Waals surface area (Å²) in [5.41, 5.74) is 3.48. The molecule has 0 fully saturated rings. The van der Waals surface area contributed by atoms with Crippen LogP contribution in [0.15, 0.2) is 42.6 Å². The Morgan fingerprint density at radius 3 is 2.71 bits per heavy atom. The van der Waals surface area contributed by atoms with Gasteiger partial charge in [0.05, 0.1) is 32.5 Å². The summed E-state index contributed by atoms with van der Waals surface area (Å²) in [4.78, 5) is 25.5. The number of hydrogen-bond donors (Lipinski definition) is 1. The lowest BCUT2D eigenvalue weighted by Gasteiger charge is -2.02. The highest BCUT2D eigenvalue weighted by Crippen LogP contribution is 2.33. The zero-order valence-electron chi connectivity index (χ0n) is 12.6. The van der Waals surface area contributed by atoms with Crippen LogP contribution in [-0.4, -0.2) is 20.9 Å². The topological polar surface area (TPSA) is 67.8 Å². The number of thiazole rings is 1. The van der Waals surface area contributed by atoms with Crippen molar-refractivity contribution in [1.29, 1.82) is 0 Å². The molecule has 2 heterocycles. The quantitative estimate of drug-likeness (QED) is 0.577. The molecule has 1 N–H and O–H groups in total. The number of carbonyl (C=O) groups excluding carboxylic acids is 1. The van der Waals surface area contributed by atoms with Crippen molar-refractivity contribution in [3.63, 3.8) is 0 Å². The molecule has 7 heteroatoms. The number of anilines is 1. The maximum Gasteiger partial charge on any atom is 0.277 e. The molecule has 0 spiro atoms. The second-order valence-electron chi connectivity index (χ2n) is 5.26. The van der Waals surface area contributed by atoms with E-state index in [-0.39, 0.29) is 11.6 Å². The highest BCUT2D eigenvalue weighted by Gasteiger charge is 2.14. The predicted molar refractivity (Wildman–Crippen MR) is 96.9 cm³/mol. The zero-order chi connectivity index (χ0) is 16.7. The number of para-hydroxylation sites is 2. The number of aromatic nitrogens is 3. The molecule has 2 aromatic carbocycles. The molecule has 0 aliphatic carbocycles. The highest BCUT2D eigenvalue weighted by molar-refractivity contribution is 7.23. The molecule has 118 valence electrons. The molecule has 2 aromatic heterocycles. The van der Waals surface area contributed by atoms with Crippen LogP contribution in [0.4, 0.5) is 5.13 Å². The van der Waals surface area contributed by atoms with Crippen molar-refractivity contribution in [2.75, 3.05) is 5.32 Å². The fourth-order valence-corrected chi connectivity index (χ4v) is 3.59. The van der Waals surface area contributed by atoms with Crippen molar-refractivity contribution in [2.45, 2.75) is 6.92 Å². The van der Waals surface area contributed by atoms with E-state index in [4.69, 9.17) is 11.6 Å². The highest BCUT2D eigenvalue weighted by atomic mass is 35.5. The molecule has 4 aromatic rings. The number of carbonyl (C=O) groups is 1. The summed E-state index contributed by atoms with van der Waals surface area (Å²) in [6.45, 7) is 1.96. The van der Waals surface area contributed by atoms with Crippen LogP contribution in [-0.2, 0) is 0 Å². The van der Waals surface area contributed by atoms with Crippen LogP contribution in [0.25, 0.3) is 21.3 Å². The smallest absolute Gasteiger partial charge is 0.277 e. The van der Waals surface area contributed by atoms with Crippen LogP contribution < -0.4 is 5.32 Å². The summed E-state index contributed by atoms with van der Waals surface area (Å²) in [5, 5.41) is 3.89.